The molecule has 0 unspecified atom stereocenters. The van der Waals surface area contributed by atoms with Crippen LogP contribution in [0.3, 0.4) is 0 Å². The minimum Gasteiger partial charge on any atom is -0.473 e. The molecule has 1 rings (SSSR count). The van der Waals surface area contributed by atoms with Gasteiger partial charge in [0.25, 0.3) is 0 Å². The predicted octanol–water partition coefficient (Wildman–Crippen LogP) is 2.38. The molecular formula is C9H9F3O3. The molecule has 0 N–H and O–H groups in total. The number of hydrogen-bond donors (Lipinski definition) is 0. The average molecular weight is 222 g/mol. The monoisotopic (exact) mass is 222 g/mol. The molecule has 0 aliphatic rings. The van der Waals surface area contributed by atoms with E-state index in [1.807, 2.05) is 12.1 Å². The van der Waals surface area contributed by atoms with E-state index in [0.717, 1.165) is 6.92 Å². The van der Waals surface area contributed by atoms with Crippen LogP contribution in [0.5, 0.6) is 0 Å². The molecule has 0 bridgehead atoms. The second-order valence-corrected chi connectivity index (χ2v) is 2.59. The van der Waals surface area contributed by atoms with Crippen LogP contribution in [0.2, 0.25) is 0 Å². The molecule has 1 aromatic heterocycles. The summed E-state index contributed by atoms with van der Waals surface area (Å²) in [6, 6.07) is 3.67. The molecule has 0 aliphatic carbocycles. The summed E-state index contributed by atoms with van der Waals surface area (Å²) in [5.41, 5.74) is 0. The summed E-state index contributed by atoms with van der Waals surface area (Å²) in [5, 5.41) is 0. The summed E-state index contributed by atoms with van der Waals surface area (Å²) in [7, 11) is 0. The lowest BCUT2D eigenvalue weighted by Gasteiger charge is -2.00. The van der Waals surface area contributed by atoms with Crippen LogP contribution in [-0.2, 0) is 9.59 Å². The molecule has 15 heavy (non-hydrogen) atoms. The highest BCUT2D eigenvalue weighted by molar-refractivity contribution is 6.00. The Kier molecular flexibility index (Phi) is 5.36. The van der Waals surface area contributed by atoms with Crippen molar-refractivity contribution >= 4 is 11.6 Å². The van der Waals surface area contributed by atoms with Gasteiger partial charge in [-0.2, -0.15) is 13.2 Å². The van der Waals surface area contributed by atoms with E-state index in [0.29, 0.717) is 0 Å². The number of ketones is 2. The number of alkyl halides is 3. The molecule has 0 amide bonds. The van der Waals surface area contributed by atoms with Crippen LogP contribution in [0, 0.1) is 0 Å². The van der Waals surface area contributed by atoms with Gasteiger partial charge in [0.15, 0.2) is 0 Å². The summed E-state index contributed by atoms with van der Waals surface area (Å²) >= 11 is 0. The summed E-state index contributed by atoms with van der Waals surface area (Å²) < 4.78 is 38.5. The van der Waals surface area contributed by atoms with E-state index < -0.39 is 24.2 Å². The van der Waals surface area contributed by atoms with Crippen molar-refractivity contribution in [3.63, 3.8) is 0 Å². The molecule has 0 aromatic carbocycles. The number of hydrogen-bond acceptors (Lipinski definition) is 3. The summed E-state index contributed by atoms with van der Waals surface area (Å²) in [6.07, 6.45) is -2.67. The fraction of sp³-hybridized carbons (Fsp3) is 0.333. The number of Topliss-reactive ketones (excluding diaryl/α,β-unsaturated/α-hetero) is 2. The zero-order valence-corrected chi connectivity index (χ0v) is 7.88. The molecule has 0 radical (unpaired) electrons. The SMILES string of the molecule is CC(=O)CC(=O)C(F)(F)F.c1ccoc1. The fourth-order valence-electron chi connectivity index (χ4n) is 0.553. The molecule has 0 aliphatic heterocycles. The predicted molar refractivity (Wildman–Crippen MR) is 45.1 cm³/mol. The van der Waals surface area contributed by atoms with Crippen molar-refractivity contribution in [3.8, 4) is 0 Å². The molecule has 0 fully saturated rings. The van der Waals surface area contributed by atoms with Gasteiger partial charge >= 0.3 is 6.18 Å². The van der Waals surface area contributed by atoms with Gasteiger partial charge in [0.05, 0.1) is 18.9 Å². The molecule has 0 saturated carbocycles. The quantitative estimate of drug-likeness (QED) is 0.721. The number of furan rings is 1. The molecule has 0 saturated heterocycles. The van der Waals surface area contributed by atoms with E-state index >= 15 is 0 Å². The zero-order chi connectivity index (χ0) is 11.9. The van der Waals surface area contributed by atoms with Crippen molar-refractivity contribution in [1.29, 1.82) is 0 Å². The number of rotatable bonds is 2. The molecule has 84 valence electrons. The molecule has 1 heterocycles. The number of carbonyl (C=O) groups is 2. The standard InChI is InChI=1S/C5H5F3O2.C4H4O/c1-3(9)2-4(10)5(6,7)8;1-2-4-5-3-1/h2H2,1H3;1-4H. The lowest BCUT2D eigenvalue weighted by Crippen LogP contribution is -2.24. The third kappa shape index (κ3) is 7.48. The van der Waals surface area contributed by atoms with Crippen molar-refractivity contribution in [2.45, 2.75) is 19.5 Å². The summed E-state index contributed by atoms with van der Waals surface area (Å²) in [6.45, 7) is 0.934. The third-order valence-corrected chi connectivity index (χ3v) is 1.15. The molecule has 0 atom stereocenters. The smallest absolute Gasteiger partial charge is 0.450 e. The van der Waals surface area contributed by atoms with Crippen LogP contribution in [0.4, 0.5) is 13.2 Å². The maximum Gasteiger partial charge on any atom is 0.450 e. The number of carbonyl (C=O) groups excluding carboxylic acids is 2. The van der Waals surface area contributed by atoms with Gasteiger partial charge in [-0.15, -0.1) is 0 Å². The van der Waals surface area contributed by atoms with E-state index in [1.165, 1.54) is 0 Å². The topological polar surface area (TPSA) is 47.3 Å². The maximum atomic E-state index is 11.3. The normalized spacial score (nSPS) is 10.1. The van der Waals surface area contributed by atoms with Crippen LogP contribution < -0.4 is 0 Å². The van der Waals surface area contributed by atoms with Crippen molar-refractivity contribution in [2.24, 2.45) is 0 Å². The molecule has 3 nitrogen and oxygen atoms in total. The Labute approximate surface area is 83.9 Å². The van der Waals surface area contributed by atoms with Crippen LogP contribution in [0.15, 0.2) is 29.1 Å². The van der Waals surface area contributed by atoms with E-state index in [4.69, 9.17) is 0 Å². The Bertz CT molecular complexity index is 284. The fourth-order valence-corrected chi connectivity index (χ4v) is 0.553. The van der Waals surface area contributed by atoms with Crippen molar-refractivity contribution in [2.75, 3.05) is 0 Å². The second kappa shape index (κ2) is 6.00. The van der Waals surface area contributed by atoms with Crippen molar-refractivity contribution < 1.29 is 27.2 Å². The molecule has 6 heteroatoms. The van der Waals surface area contributed by atoms with Gasteiger partial charge in [-0.25, -0.2) is 0 Å². The Hall–Kier alpha value is -1.59. The average Bonchev–Trinajstić information content (AvgIpc) is 2.57. The summed E-state index contributed by atoms with van der Waals surface area (Å²) in [5.74, 6) is -2.76. The minimum absolute atomic E-state index is 0.776. The highest BCUT2D eigenvalue weighted by atomic mass is 19.4. The van der Waals surface area contributed by atoms with Gasteiger partial charge in [-0.1, -0.05) is 0 Å². The first-order valence-corrected chi connectivity index (χ1v) is 3.90. The van der Waals surface area contributed by atoms with E-state index in [-0.39, 0.29) is 0 Å². The van der Waals surface area contributed by atoms with Gasteiger partial charge in [0, 0.05) is 0 Å². The Morgan fingerprint density at radius 2 is 1.67 bits per heavy atom. The highest BCUT2D eigenvalue weighted by Crippen LogP contribution is 2.17. The lowest BCUT2D eigenvalue weighted by atomic mass is 10.2. The largest absolute Gasteiger partial charge is 0.473 e. The zero-order valence-electron chi connectivity index (χ0n) is 7.88. The highest BCUT2D eigenvalue weighted by Gasteiger charge is 2.38. The first-order valence-electron chi connectivity index (χ1n) is 3.90. The van der Waals surface area contributed by atoms with E-state index in [2.05, 4.69) is 4.42 Å². The van der Waals surface area contributed by atoms with Gasteiger partial charge in [-0.05, 0) is 19.1 Å². The first kappa shape index (κ1) is 13.4. The van der Waals surface area contributed by atoms with Crippen LogP contribution >= 0.6 is 0 Å². The molecule has 1 aromatic rings. The Balaban J connectivity index is 0.000000322. The van der Waals surface area contributed by atoms with Gasteiger partial charge in [-0.3, -0.25) is 9.59 Å². The van der Waals surface area contributed by atoms with Crippen LogP contribution in [-0.4, -0.2) is 17.7 Å². The maximum absolute atomic E-state index is 11.3. The second-order valence-electron chi connectivity index (χ2n) is 2.59. The molecular weight excluding hydrogens is 213 g/mol. The number of halogens is 3. The Morgan fingerprint density at radius 1 is 1.20 bits per heavy atom. The Morgan fingerprint density at radius 3 is 1.80 bits per heavy atom. The third-order valence-electron chi connectivity index (χ3n) is 1.15. The molecule has 0 spiro atoms. The van der Waals surface area contributed by atoms with Crippen molar-refractivity contribution in [3.05, 3.63) is 24.7 Å². The van der Waals surface area contributed by atoms with Crippen molar-refractivity contribution in [1.82, 2.24) is 0 Å². The lowest BCUT2D eigenvalue weighted by molar-refractivity contribution is -0.171. The first-order chi connectivity index (χ1) is 6.84. The van der Waals surface area contributed by atoms with E-state index in [1.54, 1.807) is 12.5 Å². The minimum atomic E-state index is -4.87. The van der Waals surface area contributed by atoms with Crippen LogP contribution in [0.25, 0.3) is 0 Å². The van der Waals surface area contributed by atoms with Crippen LogP contribution in [0.1, 0.15) is 13.3 Å². The van der Waals surface area contributed by atoms with E-state index in [9.17, 15) is 22.8 Å². The van der Waals surface area contributed by atoms with Gasteiger partial charge in [0.1, 0.15) is 5.78 Å². The van der Waals surface area contributed by atoms with Gasteiger partial charge in [0.2, 0.25) is 5.78 Å². The summed E-state index contributed by atoms with van der Waals surface area (Å²) in [4.78, 5) is 19.9. The van der Waals surface area contributed by atoms with Gasteiger partial charge < -0.3 is 4.42 Å².